The Balaban J connectivity index is 2.08. The molecule has 0 aliphatic heterocycles. The zero-order chi connectivity index (χ0) is 12.8. The number of aliphatic imine (C=N–C) groups is 1. The number of nitrogens with zero attached hydrogens (tertiary/aromatic N) is 1. The maximum absolute atomic E-state index is 5.10. The first-order chi connectivity index (χ1) is 8.81. The smallest absolute Gasteiger partial charge is 0.119 e. The molecule has 0 saturated heterocycles. The van der Waals surface area contributed by atoms with Gasteiger partial charge in [0.05, 0.1) is 12.8 Å². The van der Waals surface area contributed by atoms with E-state index in [1.54, 1.807) is 18.9 Å². The molecule has 0 aliphatic carbocycles. The van der Waals surface area contributed by atoms with Gasteiger partial charge in [-0.3, -0.25) is 4.99 Å². The molecule has 0 spiro atoms. The molecule has 0 saturated carbocycles. The first-order valence-corrected chi connectivity index (χ1v) is 6.86. The Bertz CT molecular complexity index is 468. The highest BCUT2D eigenvalue weighted by Gasteiger charge is 1.92. The van der Waals surface area contributed by atoms with E-state index in [-0.39, 0.29) is 0 Å². The molecule has 2 rings (SSSR count). The Morgan fingerprint density at radius 2 is 1.67 bits per heavy atom. The van der Waals surface area contributed by atoms with Crippen molar-refractivity contribution in [3.05, 3.63) is 54.1 Å². The van der Waals surface area contributed by atoms with Gasteiger partial charge in [-0.25, -0.2) is 0 Å². The molecule has 0 unspecified atom stereocenters. The van der Waals surface area contributed by atoms with Crippen LogP contribution in [0.15, 0.2) is 58.4 Å². The molecular formula is C15H15NOS. The number of hydrogen-bond acceptors (Lipinski definition) is 3. The van der Waals surface area contributed by atoms with Crippen LogP contribution in [0.25, 0.3) is 0 Å². The van der Waals surface area contributed by atoms with E-state index in [1.807, 2.05) is 30.5 Å². The van der Waals surface area contributed by atoms with Crippen LogP contribution in [0, 0.1) is 0 Å². The Labute approximate surface area is 112 Å². The Hall–Kier alpha value is -1.74. The molecule has 0 amide bonds. The van der Waals surface area contributed by atoms with Crippen molar-refractivity contribution in [2.24, 2.45) is 4.99 Å². The van der Waals surface area contributed by atoms with Crippen LogP contribution in [0.5, 0.6) is 5.75 Å². The van der Waals surface area contributed by atoms with E-state index in [4.69, 9.17) is 4.74 Å². The lowest BCUT2D eigenvalue weighted by Crippen LogP contribution is -1.81. The number of hydrogen-bond donors (Lipinski definition) is 0. The summed E-state index contributed by atoms with van der Waals surface area (Å²) in [6.07, 6.45) is 3.94. The average Bonchev–Trinajstić information content (AvgIpc) is 2.46. The molecule has 0 N–H and O–H groups in total. The molecule has 3 heteroatoms. The van der Waals surface area contributed by atoms with E-state index in [0.717, 1.165) is 17.0 Å². The fraction of sp³-hybridized carbons (Fsp3) is 0.133. The molecule has 0 aromatic heterocycles. The minimum atomic E-state index is 0.846. The minimum absolute atomic E-state index is 0.846. The lowest BCUT2D eigenvalue weighted by atomic mass is 10.2. The van der Waals surface area contributed by atoms with Crippen molar-refractivity contribution in [3.63, 3.8) is 0 Å². The van der Waals surface area contributed by atoms with E-state index in [0.29, 0.717) is 0 Å². The predicted molar refractivity (Wildman–Crippen MR) is 78.5 cm³/mol. The SMILES string of the molecule is COc1ccc(N=Cc2ccc(SC)cc2)cc1. The summed E-state index contributed by atoms with van der Waals surface area (Å²) in [4.78, 5) is 5.68. The molecule has 2 aromatic carbocycles. The third-order valence-corrected chi connectivity index (χ3v) is 3.29. The van der Waals surface area contributed by atoms with Crippen molar-refractivity contribution >= 4 is 23.7 Å². The largest absolute Gasteiger partial charge is 0.497 e. The van der Waals surface area contributed by atoms with Gasteiger partial charge in [-0.2, -0.15) is 0 Å². The van der Waals surface area contributed by atoms with Gasteiger partial charge < -0.3 is 4.74 Å². The Kier molecular flexibility index (Phi) is 4.42. The molecule has 92 valence electrons. The van der Waals surface area contributed by atoms with Crippen LogP contribution in [-0.4, -0.2) is 19.6 Å². The van der Waals surface area contributed by atoms with Crippen molar-refractivity contribution in [2.75, 3.05) is 13.4 Å². The summed E-state index contributed by atoms with van der Waals surface area (Å²) in [7, 11) is 1.66. The maximum atomic E-state index is 5.10. The summed E-state index contributed by atoms with van der Waals surface area (Å²) in [6, 6.07) is 16.0. The van der Waals surface area contributed by atoms with E-state index < -0.39 is 0 Å². The predicted octanol–water partition coefficient (Wildman–Crippen LogP) is 4.17. The molecule has 0 heterocycles. The van der Waals surface area contributed by atoms with Crippen LogP contribution in [0.3, 0.4) is 0 Å². The van der Waals surface area contributed by atoms with Crippen LogP contribution in [0.2, 0.25) is 0 Å². The van der Waals surface area contributed by atoms with Crippen LogP contribution in [-0.2, 0) is 0 Å². The maximum Gasteiger partial charge on any atom is 0.119 e. The Morgan fingerprint density at radius 3 is 2.22 bits per heavy atom. The lowest BCUT2D eigenvalue weighted by Gasteiger charge is -1.99. The first-order valence-electron chi connectivity index (χ1n) is 5.64. The number of rotatable bonds is 4. The highest BCUT2D eigenvalue weighted by atomic mass is 32.2. The van der Waals surface area contributed by atoms with Crippen LogP contribution < -0.4 is 4.74 Å². The van der Waals surface area contributed by atoms with Gasteiger partial charge in [-0.1, -0.05) is 12.1 Å². The molecule has 0 radical (unpaired) electrons. The van der Waals surface area contributed by atoms with Crippen LogP contribution in [0.4, 0.5) is 5.69 Å². The van der Waals surface area contributed by atoms with Gasteiger partial charge in [0.15, 0.2) is 0 Å². The number of thioether (sulfide) groups is 1. The van der Waals surface area contributed by atoms with Gasteiger partial charge in [-0.15, -0.1) is 11.8 Å². The van der Waals surface area contributed by atoms with Crippen LogP contribution >= 0.6 is 11.8 Å². The van der Waals surface area contributed by atoms with E-state index in [1.165, 1.54) is 4.90 Å². The van der Waals surface area contributed by atoms with Gasteiger partial charge in [0.25, 0.3) is 0 Å². The highest BCUT2D eigenvalue weighted by molar-refractivity contribution is 7.98. The fourth-order valence-corrected chi connectivity index (χ4v) is 1.92. The van der Waals surface area contributed by atoms with Gasteiger partial charge >= 0.3 is 0 Å². The van der Waals surface area contributed by atoms with Crippen molar-refractivity contribution < 1.29 is 4.74 Å². The monoisotopic (exact) mass is 257 g/mol. The highest BCUT2D eigenvalue weighted by Crippen LogP contribution is 2.18. The molecule has 0 bridgehead atoms. The fourth-order valence-electron chi connectivity index (χ4n) is 1.51. The number of ether oxygens (including phenoxy) is 1. The Morgan fingerprint density at radius 1 is 1.00 bits per heavy atom. The zero-order valence-electron chi connectivity index (χ0n) is 10.5. The second-order valence-corrected chi connectivity index (χ2v) is 4.61. The third kappa shape index (κ3) is 3.37. The quantitative estimate of drug-likeness (QED) is 0.605. The topological polar surface area (TPSA) is 21.6 Å². The van der Waals surface area contributed by atoms with Crippen molar-refractivity contribution in [1.82, 2.24) is 0 Å². The summed E-state index contributed by atoms with van der Waals surface area (Å²) in [6.45, 7) is 0. The standard InChI is InChI=1S/C15H15NOS/c1-17-14-7-5-13(6-8-14)16-11-12-3-9-15(18-2)10-4-12/h3-11H,1-2H3. The molecular weight excluding hydrogens is 242 g/mol. The van der Waals surface area contributed by atoms with Gasteiger partial charge in [0.2, 0.25) is 0 Å². The first kappa shape index (κ1) is 12.7. The summed E-state index contributed by atoms with van der Waals surface area (Å²) < 4.78 is 5.10. The minimum Gasteiger partial charge on any atom is -0.497 e. The zero-order valence-corrected chi connectivity index (χ0v) is 11.3. The summed E-state index contributed by atoms with van der Waals surface area (Å²) in [5.74, 6) is 0.846. The second-order valence-electron chi connectivity index (χ2n) is 3.73. The van der Waals surface area contributed by atoms with E-state index >= 15 is 0 Å². The normalized spacial score (nSPS) is 10.8. The van der Waals surface area contributed by atoms with Crippen molar-refractivity contribution in [3.8, 4) is 5.75 Å². The van der Waals surface area contributed by atoms with Crippen molar-refractivity contribution in [1.29, 1.82) is 0 Å². The van der Waals surface area contributed by atoms with Gasteiger partial charge in [0, 0.05) is 11.1 Å². The average molecular weight is 257 g/mol. The third-order valence-electron chi connectivity index (χ3n) is 2.55. The molecule has 0 fully saturated rings. The lowest BCUT2D eigenvalue weighted by molar-refractivity contribution is 0.415. The molecule has 0 aliphatic rings. The molecule has 2 aromatic rings. The summed E-state index contributed by atoms with van der Waals surface area (Å²) in [5, 5.41) is 0. The van der Waals surface area contributed by atoms with Gasteiger partial charge in [0.1, 0.15) is 5.75 Å². The van der Waals surface area contributed by atoms with E-state index in [2.05, 4.69) is 35.5 Å². The number of benzene rings is 2. The molecule has 18 heavy (non-hydrogen) atoms. The van der Waals surface area contributed by atoms with Crippen molar-refractivity contribution in [2.45, 2.75) is 4.90 Å². The summed E-state index contributed by atoms with van der Waals surface area (Å²) >= 11 is 1.74. The van der Waals surface area contributed by atoms with Gasteiger partial charge in [-0.05, 0) is 48.2 Å². The number of methoxy groups -OCH3 is 1. The van der Waals surface area contributed by atoms with E-state index in [9.17, 15) is 0 Å². The molecule has 2 nitrogen and oxygen atoms in total. The van der Waals surface area contributed by atoms with Crippen LogP contribution in [0.1, 0.15) is 5.56 Å². The second kappa shape index (κ2) is 6.26. The summed E-state index contributed by atoms with van der Waals surface area (Å²) in [5.41, 5.74) is 2.02. The molecule has 0 atom stereocenters.